The van der Waals surface area contributed by atoms with Crippen LogP contribution in [0.4, 0.5) is 16.2 Å². The Morgan fingerprint density at radius 3 is 2.67 bits per heavy atom. The molecule has 10 heteroatoms. The minimum absolute atomic E-state index is 0.165. The first kappa shape index (κ1) is 27.8. The number of benzene rings is 3. The second-order valence-electron chi connectivity index (χ2n) is 10.3. The van der Waals surface area contributed by atoms with Gasteiger partial charge < -0.3 is 24.7 Å². The number of anilines is 2. The van der Waals surface area contributed by atoms with Gasteiger partial charge in [-0.25, -0.2) is 9.78 Å². The Labute approximate surface area is 242 Å². The van der Waals surface area contributed by atoms with E-state index in [0.29, 0.717) is 68.0 Å². The molecular formula is C30H30Cl2N4O4. The van der Waals surface area contributed by atoms with Crippen LogP contribution in [0.5, 0.6) is 17.2 Å². The fourth-order valence-electron chi connectivity index (χ4n) is 4.98. The zero-order valence-electron chi connectivity index (χ0n) is 22.2. The second kappa shape index (κ2) is 12.2. The van der Waals surface area contributed by atoms with E-state index in [1.54, 1.807) is 61.6 Å². The smallest absolute Gasteiger partial charge is 0.323 e. The van der Waals surface area contributed by atoms with Crippen LogP contribution in [0.2, 0.25) is 10.0 Å². The third kappa shape index (κ3) is 6.69. The molecule has 0 radical (unpaired) electrons. The monoisotopic (exact) mass is 580 g/mol. The van der Waals surface area contributed by atoms with Gasteiger partial charge in [0.2, 0.25) is 0 Å². The van der Waals surface area contributed by atoms with Crippen molar-refractivity contribution in [3.63, 3.8) is 0 Å². The third-order valence-electron chi connectivity index (χ3n) is 7.01. The van der Waals surface area contributed by atoms with Gasteiger partial charge in [0.05, 0.1) is 39.6 Å². The molecule has 2 N–H and O–H groups in total. The summed E-state index contributed by atoms with van der Waals surface area (Å²) >= 11 is 12.5. The van der Waals surface area contributed by atoms with E-state index in [4.69, 9.17) is 32.7 Å². The number of carbonyl (C=O) groups is 1. The molecule has 208 valence electrons. The van der Waals surface area contributed by atoms with Crippen molar-refractivity contribution in [2.45, 2.75) is 32.6 Å². The fourth-order valence-corrected chi connectivity index (χ4v) is 5.29. The van der Waals surface area contributed by atoms with Crippen LogP contribution >= 0.6 is 23.2 Å². The van der Waals surface area contributed by atoms with Crippen molar-refractivity contribution in [3.8, 4) is 17.2 Å². The summed E-state index contributed by atoms with van der Waals surface area (Å²) in [5.41, 5.74) is 1.35. The topological polar surface area (TPSA) is 94.5 Å². The van der Waals surface area contributed by atoms with E-state index >= 15 is 0 Å². The molecule has 1 aliphatic carbocycles. The number of hydrogen-bond donors (Lipinski definition) is 2. The zero-order chi connectivity index (χ0) is 28.2. The van der Waals surface area contributed by atoms with E-state index in [0.717, 1.165) is 12.8 Å². The van der Waals surface area contributed by atoms with Crippen LogP contribution in [0.1, 0.15) is 32.6 Å². The predicted molar refractivity (Wildman–Crippen MR) is 159 cm³/mol. The average Bonchev–Trinajstić information content (AvgIpc) is 2.92. The molecule has 3 aromatic carbocycles. The van der Waals surface area contributed by atoms with Crippen molar-refractivity contribution in [3.05, 3.63) is 81.3 Å². The van der Waals surface area contributed by atoms with Crippen LogP contribution in [-0.2, 0) is 7.05 Å². The maximum atomic E-state index is 12.9. The highest BCUT2D eigenvalue weighted by Gasteiger charge is 2.21. The molecule has 1 unspecified atom stereocenters. The molecule has 0 spiro atoms. The molecule has 1 fully saturated rings. The van der Waals surface area contributed by atoms with Crippen molar-refractivity contribution in [1.29, 1.82) is 0 Å². The van der Waals surface area contributed by atoms with Gasteiger partial charge in [-0.15, -0.1) is 0 Å². The number of halogens is 2. The molecule has 0 bridgehead atoms. The number of aryl methyl sites for hydroxylation is 1. The quantitative estimate of drug-likeness (QED) is 0.232. The van der Waals surface area contributed by atoms with Gasteiger partial charge in [-0.2, -0.15) is 0 Å². The number of rotatable bonds is 7. The first-order valence-corrected chi connectivity index (χ1v) is 13.9. The van der Waals surface area contributed by atoms with Crippen LogP contribution in [0.15, 0.2) is 65.7 Å². The van der Waals surface area contributed by atoms with Crippen LogP contribution < -0.4 is 25.7 Å². The van der Waals surface area contributed by atoms with Gasteiger partial charge in [-0.05, 0) is 61.1 Å². The van der Waals surface area contributed by atoms with Gasteiger partial charge in [0.25, 0.3) is 5.56 Å². The van der Waals surface area contributed by atoms with Gasteiger partial charge in [-0.3, -0.25) is 4.79 Å². The summed E-state index contributed by atoms with van der Waals surface area (Å²) in [5, 5.41) is 6.75. The summed E-state index contributed by atoms with van der Waals surface area (Å²) in [6, 6.07) is 14.8. The van der Waals surface area contributed by atoms with Crippen molar-refractivity contribution < 1.29 is 14.3 Å². The van der Waals surface area contributed by atoms with Crippen LogP contribution in [-0.4, -0.2) is 22.2 Å². The maximum absolute atomic E-state index is 12.9. The minimum atomic E-state index is -0.480. The Morgan fingerprint density at radius 2 is 1.85 bits per heavy atom. The van der Waals surface area contributed by atoms with E-state index < -0.39 is 6.03 Å². The Kier molecular flexibility index (Phi) is 8.47. The minimum Gasteiger partial charge on any atom is -0.491 e. The Balaban J connectivity index is 1.26. The van der Waals surface area contributed by atoms with E-state index in [2.05, 4.69) is 22.5 Å². The maximum Gasteiger partial charge on any atom is 0.323 e. The molecule has 5 rings (SSSR count). The third-order valence-corrected chi connectivity index (χ3v) is 7.73. The normalized spacial score (nSPS) is 16.9. The van der Waals surface area contributed by atoms with E-state index in [9.17, 15) is 9.59 Å². The van der Waals surface area contributed by atoms with Gasteiger partial charge in [0, 0.05) is 24.9 Å². The van der Waals surface area contributed by atoms with Crippen molar-refractivity contribution in [1.82, 2.24) is 9.55 Å². The summed E-state index contributed by atoms with van der Waals surface area (Å²) in [5.74, 6) is 2.58. The number of hydrogen-bond acceptors (Lipinski definition) is 5. The molecule has 4 aromatic rings. The Bertz CT molecular complexity index is 1610. The van der Waals surface area contributed by atoms with Crippen molar-refractivity contribution in [2.75, 3.05) is 17.2 Å². The lowest BCUT2D eigenvalue weighted by atomic mass is 9.83. The molecular weight excluding hydrogens is 551 g/mol. The highest BCUT2D eigenvalue weighted by molar-refractivity contribution is 6.42. The summed E-state index contributed by atoms with van der Waals surface area (Å²) in [4.78, 5) is 29.6. The zero-order valence-corrected chi connectivity index (χ0v) is 23.8. The predicted octanol–water partition coefficient (Wildman–Crippen LogP) is 7.88. The molecule has 1 aliphatic rings. The number of nitrogens with one attached hydrogen (secondary N) is 2. The number of fused-ring (bicyclic) bond motifs is 1. The number of aromatic nitrogens is 2. The standard InChI is InChI=1S/C30H30Cl2N4O4/c1-18-5-3-6-19(11-18)16-39-28-15-25(32)24(31)14-27(28)35-30(38)34-20-7-4-8-21(12-20)40-22-9-10-26-23(13-22)29(37)36(2)17-33-26/h4,7-10,12-15,17-19H,3,5-6,11,16H2,1-2H3,(H2,34,35,38)/t18?,19-/m1/s1. The molecule has 8 nitrogen and oxygen atoms in total. The van der Waals surface area contributed by atoms with Crippen molar-refractivity contribution >= 4 is 51.5 Å². The lowest BCUT2D eigenvalue weighted by molar-refractivity contribution is 0.183. The van der Waals surface area contributed by atoms with E-state index in [1.807, 2.05) is 0 Å². The van der Waals surface area contributed by atoms with Gasteiger partial charge >= 0.3 is 6.03 Å². The SMILES string of the molecule is CC1CCC[C@@H](COc2cc(Cl)c(Cl)cc2NC(=O)Nc2cccc(Oc3ccc4ncn(C)c(=O)c4c3)c2)C1. The average molecular weight is 582 g/mol. The molecule has 1 heterocycles. The number of amides is 2. The largest absolute Gasteiger partial charge is 0.491 e. The number of nitrogens with zero attached hydrogens (tertiary/aromatic N) is 2. The highest BCUT2D eigenvalue weighted by Crippen LogP contribution is 2.36. The number of carbonyl (C=O) groups excluding carboxylic acids is 1. The van der Waals surface area contributed by atoms with Crippen LogP contribution in [0.25, 0.3) is 10.9 Å². The summed E-state index contributed by atoms with van der Waals surface area (Å²) < 4.78 is 13.5. The van der Waals surface area contributed by atoms with Crippen LogP contribution in [0, 0.1) is 11.8 Å². The number of ether oxygens (including phenoxy) is 2. The van der Waals surface area contributed by atoms with Gasteiger partial charge in [0.15, 0.2) is 0 Å². The molecule has 40 heavy (non-hydrogen) atoms. The second-order valence-corrected chi connectivity index (χ2v) is 11.1. The summed E-state index contributed by atoms with van der Waals surface area (Å²) in [6.45, 7) is 2.82. The van der Waals surface area contributed by atoms with Crippen molar-refractivity contribution in [2.24, 2.45) is 18.9 Å². The van der Waals surface area contributed by atoms with Crippen LogP contribution in [0.3, 0.4) is 0 Å². The molecule has 1 saturated carbocycles. The molecule has 1 aromatic heterocycles. The first-order valence-electron chi connectivity index (χ1n) is 13.2. The molecule has 0 saturated heterocycles. The summed E-state index contributed by atoms with van der Waals surface area (Å²) in [7, 11) is 1.65. The fraction of sp³-hybridized carbons (Fsp3) is 0.300. The Morgan fingerprint density at radius 1 is 1.05 bits per heavy atom. The number of urea groups is 1. The summed E-state index contributed by atoms with van der Waals surface area (Å²) in [6.07, 6.45) is 6.18. The van der Waals surface area contributed by atoms with E-state index in [-0.39, 0.29) is 5.56 Å². The molecule has 2 atom stereocenters. The first-order chi connectivity index (χ1) is 19.2. The lowest BCUT2D eigenvalue weighted by Gasteiger charge is -2.27. The molecule has 2 amide bonds. The van der Waals surface area contributed by atoms with Gasteiger partial charge in [-0.1, -0.05) is 49.0 Å². The van der Waals surface area contributed by atoms with E-state index in [1.165, 1.54) is 23.7 Å². The molecule has 0 aliphatic heterocycles. The van der Waals surface area contributed by atoms with Gasteiger partial charge in [0.1, 0.15) is 17.2 Å². The lowest BCUT2D eigenvalue weighted by Crippen LogP contribution is -2.22. The Hall–Kier alpha value is -3.75. The highest BCUT2D eigenvalue weighted by atomic mass is 35.5.